The van der Waals surface area contributed by atoms with E-state index < -0.39 is 0 Å². The molecule has 0 amide bonds. The summed E-state index contributed by atoms with van der Waals surface area (Å²) < 4.78 is 12.8. The molecule has 6 nitrogen and oxygen atoms in total. The minimum Gasteiger partial charge on any atom is -0.497 e. The van der Waals surface area contributed by atoms with Gasteiger partial charge in [0.1, 0.15) is 28.3 Å². The van der Waals surface area contributed by atoms with E-state index in [9.17, 15) is 15.3 Å². The number of nitriles is 2. The first-order valence-corrected chi connectivity index (χ1v) is 9.98. The maximum Gasteiger partial charge on any atom is 0.273 e. The van der Waals surface area contributed by atoms with Gasteiger partial charge in [0.15, 0.2) is 5.57 Å². The van der Waals surface area contributed by atoms with E-state index in [-0.39, 0.29) is 11.1 Å². The van der Waals surface area contributed by atoms with E-state index >= 15 is 0 Å². The Morgan fingerprint density at radius 3 is 2.50 bits per heavy atom. The topological polar surface area (TPSA) is 88.0 Å². The van der Waals surface area contributed by atoms with Crippen LogP contribution in [0.2, 0.25) is 0 Å². The van der Waals surface area contributed by atoms with Gasteiger partial charge in [-0.15, -0.1) is 11.3 Å². The Morgan fingerprint density at radius 1 is 1.13 bits per heavy atom. The minimum atomic E-state index is -0.295. The second-order valence-electron chi connectivity index (χ2n) is 6.25. The van der Waals surface area contributed by atoms with Gasteiger partial charge in [0, 0.05) is 11.6 Å². The van der Waals surface area contributed by atoms with E-state index in [2.05, 4.69) is 0 Å². The number of aryl methyl sites for hydroxylation is 1. The third kappa shape index (κ3) is 3.84. The molecule has 0 fully saturated rings. The lowest BCUT2D eigenvalue weighted by molar-refractivity contribution is 0.393. The van der Waals surface area contributed by atoms with E-state index in [4.69, 9.17) is 9.47 Å². The SMILES string of the molecule is CCc1ccccc1-n1c(=C(C#N)C#N)s/c(=C/c2ccc(OC)cc2OC)c1=O. The van der Waals surface area contributed by atoms with Gasteiger partial charge < -0.3 is 9.47 Å². The maximum absolute atomic E-state index is 13.4. The molecule has 0 aliphatic rings. The van der Waals surface area contributed by atoms with Crippen LogP contribution in [0.25, 0.3) is 17.3 Å². The highest BCUT2D eigenvalue weighted by molar-refractivity contribution is 7.07. The van der Waals surface area contributed by atoms with Gasteiger partial charge in [0.25, 0.3) is 5.56 Å². The zero-order valence-corrected chi connectivity index (χ0v) is 17.6. The van der Waals surface area contributed by atoms with Crippen molar-refractivity contribution in [3.8, 4) is 29.3 Å². The summed E-state index contributed by atoms with van der Waals surface area (Å²) in [5.74, 6) is 1.18. The predicted molar refractivity (Wildman–Crippen MR) is 116 cm³/mol. The van der Waals surface area contributed by atoms with Gasteiger partial charge in [0.2, 0.25) is 0 Å². The maximum atomic E-state index is 13.4. The van der Waals surface area contributed by atoms with Crippen LogP contribution in [0.5, 0.6) is 11.5 Å². The number of methoxy groups -OCH3 is 2. The molecule has 1 aromatic heterocycles. The van der Waals surface area contributed by atoms with Crippen LogP contribution >= 0.6 is 11.3 Å². The van der Waals surface area contributed by atoms with E-state index in [0.29, 0.717) is 38.4 Å². The van der Waals surface area contributed by atoms with Gasteiger partial charge in [-0.05, 0) is 36.3 Å². The fourth-order valence-electron chi connectivity index (χ4n) is 3.10. The number of rotatable bonds is 5. The Bertz CT molecular complexity index is 1340. The molecule has 2 aromatic carbocycles. The van der Waals surface area contributed by atoms with E-state index in [0.717, 1.165) is 16.9 Å². The van der Waals surface area contributed by atoms with Gasteiger partial charge in [-0.3, -0.25) is 9.36 Å². The molecule has 3 aromatic rings. The normalized spacial score (nSPS) is 10.9. The number of thiazole rings is 1. The molecule has 0 aliphatic carbocycles. The lowest BCUT2D eigenvalue weighted by atomic mass is 10.1. The van der Waals surface area contributed by atoms with Crippen LogP contribution in [-0.4, -0.2) is 18.8 Å². The molecule has 0 saturated heterocycles. The summed E-state index contributed by atoms with van der Waals surface area (Å²) in [5.41, 5.74) is 1.90. The molecule has 0 spiro atoms. The summed E-state index contributed by atoms with van der Waals surface area (Å²) in [6.07, 6.45) is 2.41. The summed E-state index contributed by atoms with van der Waals surface area (Å²) in [7, 11) is 3.10. The molecule has 7 heteroatoms. The lowest BCUT2D eigenvalue weighted by Crippen LogP contribution is -2.31. The Morgan fingerprint density at radius 2 is 1.87 bits per heavy atom. The number of benzene rings is 2. The fourth-order valence-corrected chi connectivity index (χ4v) is 4.13. The Balaban J connectivity index is 2.40. The zero-order chi connectivity index (χ0) is 21.7. The van der Waals surface area contributed by atoms with Gasteiger partial charge >= 0.3 is 0 Å². The van der Waals surface area contributed by atoms with Crippen molar-refractivity contribution in [3.05, 3.63) is 73.1 Å². The standard InChI is InChI=1S/C23H19N3O3S/c1-4-15-7-5-6-8-19(15)26-22(27)21(30-23(26)17(13-24)14-25)11-16-9-10-18(28-2)12-20(16)29-3/h5-12H,4H2,1-3H3/b21-11+. The number of hydrogen-bond donors (Lipinski definition) is 0. The van der Waals surface area contributed by atoms with Crippen LogP contribution in [0.1, 0.15) is 18.1 Å². The predicted octanol–water partition coefficient (Wildman–Crippen LogP) is 2.51. The largest absolute Gasteiger partial charge is 0.497 e. The van der Waals surface area contributed by atoms with Crippen LogP contribution in [-0.2, 0) is 6.42 Å². The highest BCUT2D eigenvalue weighted by Crippen LogP contribution is 2.25. The molecule has 0 bridgehead atoms. The third-order valence-corrected chi connectivity index (χ3v) is 5.69. The van der Waals surface area contributed by atoms with Crippen LogP contribution in [0, 0.1) is 22.7 Å². The van der Waals surface area contributed by atoms with Crippen LogP contribution in [0.3, 0.4) is 0 Å². The second-order valence-corrected chi connectivity index (χ2v) is 7.28. The molecule has 0 N–H and O–H groups in total. The first-order chi connectivity index (χ1) is 14.6. The minimum absolute atomic E-state index is 0.107. The van der Waals surface area contributed by atoms with Crippen LogP contribution in [0.15, 0.2) is 47.3 Å². The van der Waals surface area contributed by atoms with Gasteiger partial charge in [-0.2, -0.15) is 10.5 Å². The first kappa shape index (κ1) is 20.9. The number of para-hydroxylation sites is 1. The van der Waals surface area contributed by atoms with Crippen molar-refractivity contribution >= 4 is 23.0 Å². The second kappa shape index (κ2) is 9.13. The lowest BCUT2D eigenvalue weighted by Gasteiger charge is -2.08. The Hall–Kier alpha value is -3.81. The molecular weight excluding hydrogens is 398 g/mol. The first-order valence-electron chi connectivity index (χ1n) is 9.16. The summed E-state index contributed by atoms with van der Waals surface area (Å²) >= 11 is 1.11. The van der Waals surface area contributed by atoms with Crippen LogP contribution < -0.4 is 24.2 Å². The molecule has 1 heterocycles. The molecule has 0 atom stereocenters. The Labute approximate surface area is 177 Å². The fraction of sp³-hybridized carbons (Fsp3) is 0.174. The molecule has 0 saturated carbocycles. The monoisotopic (exact) mass is 417 g/mol. The zero-order valence-electron chi connectivity index (χ0n) is 16.8. The summed E-state index contributed by atoms with van der Waals surface area (Å²) in [6, 6.07) is 16.6. The average molecular weight is 417 g/mol. The molecule has 150 valence electrons. The smallest absolute Gasteiger partial charge is 0.273 e. The highest BCUT2D eigenvalue weighted by Gasteiger charge is 2.14. The van der Waals surface area contributed by atoms with Crippen molar-refractivity contribution in [2.24, 2.45) is 0 Å². The number of nitrogens with zero attached hydrogens (tertiary/aromatic N) is 3. The molecule has 30 heavy (non-hydrogen) atoms. The van der Waals surface area contributed by atoms with E-state index in [1.807, 2.05) is 43.3 Å². The van der Waals surface area contributed by atoms with Crippen LogP contribution in [0.4, 0.5) is 0 Å². The summed E-state index contributed by atoms with van der Waals surface area (Å²) in [5, 5.41) is 18.9. The van der Waals surface area contributed by atoms with Crippen molar-refractivity contribution in [1.29, 1.82) is 10.5 Å². The summed E-state index contributed by atoms with van der Waals surface area (Å²) in [4.78, 5) is 13.4. The number of hydrogen-bond acceptors (Lipinski definition) is 6. The van der Waals surface area contributed by atoms with E-state index in [1.54, 1.807) is 38.5 Å². The van der Waals surface area contributed by atoms with Crippen molar-refractivity contribution in [2.75, 3.05) is 14.2 Å². The van der Waals surface area contributed by atoms with Crippen molar-refractivity contribution < 1.29 is 9.47 Å². The molecular formula is C23H19N3O3S. The third-order valence-electron chi connectivity index (χ3n) is 4.60. The summed E-state index contributed by atoms with van der Waals surface area (Å²) in [6.45, 7) is 1.99. The Kier molecular flexibility index (Phi) is 6.36. The van der Waals surface area contributed by atoms with Gasteiger partial charge in [0.05, 0.1) is 24.4 Å². The molecule has 0 aliphatic heterocycles. The van der Waals surface area contributed by atoms with Gasteiger partial charge in [-0.1, -0.05) is 25.1 Å². The number of ether oxygens (including phenoxy) is 2. The molecule has 0 radical (unpaired) electrons. The number of aromatic nitrogens is 1. The highest BCUT2D eigenvalue weighted by atomic mass is 32.1. The molecule has 0 unspecified atom stereocenters. The quantitative estimate of drug-likeness (QED) is 0.637. The van der Waals surface area contributed by atoms with Crippen molar-refractivity contribution in [1.82, 2.24) is 4.57 Å². The van der Waals surface area contributed by atoms with Crippen molar-refractivity contribution in [2.45, 2.75) is 13.3 Å². The molecule has 3 rings (SSSR count). The van der Waals surface area contributed by atoms with E-state index in [1.165, 1.54) is 4.57 Å². The average Bonchev–Trinajstić information content (AvgIpc) is 3.10. The van der Waals surface area contributed by atoms with Gasteiger partial charge in [-0.25, -0.2) is 0 Å². The van der Waals surface area contributed by atoms with Crippen molar-refractivity contribution in [3.63, 3.8) is 0 Å².